The molecule has 1 rings (SSSR count). The highest BCUT2D eigenvalue weighted by Crippen LogP contribution is 2.38. The highest BCUT2D eigenvalue weighted by atomic mass is 16.7. The van der Waals surface area contributed by atoms with Gasteiger partial charge in [-0.05, 0) is 53.9 Å². The highest BCUT2D eigenvalue weighted by molar-refractivity contribution is 6.54. The Morgan fingerprint density at radius 3 is 2.09 bits per heavy atom. The van der Waals surface area contributed by atoms with Crippen molar-refractivity contribution in [2.24, 2.45) is 0 Å². The second kappa shape index (κ2) is 6.69. The Morgan fingerprint density at radius 1 is 1.22 bits per heavy atom. The summed E-state index contributed by atoms with van der Waals surface area (Å²) < 4.78 is 17.3. The summed E-state index contributed by atoms with van der Waals surface area (Å²) in [7, 11) is -0.547. The van der Waals surface area contributed by atoms with Crippen LogP contribution in [-0.2, 0) is 14.0 Å². The first-order valence-corrected chi connectivity index (χ1v) is 7.91. The van der Waals surface area contributed by atoms with E-state index in [-0.39, 0.29) is 6.54 Å². The van der Waals surface area contributed by atoms with Crippen molar-refractivity contribution in [3.05, 3.63) is 24.7 Å². The zero-order valence-corrected chi connectivity index (χ0v) is 15.6. The fraction of sp³-hybridized carbons (Fsp3) is 0.706. The van der Waals surface area contributed by atoms with E-state index < -0.39 is 30.0 Å². The van der Waals surface area contributed by atoms with Crippen molar-refractivity contribution in [2.75, 3.05) is 13.1 Å². The zero-order valence-electron chi connectivity index (χ0n) is 15.6. The normalized spacial score (nSPS) is 19.3. The number of hydrogen-bond donors (Lipinski definition) is 0. The minimum atomic E-state index is -0.553. The fourth-order valence-corrected chi connectivity index (χ4v) is 2.02. The van der Waals surface area contributed by atoms with Gasteiger partial charge in [-0.1, -0.05) is 6.08 Å². The molecule has 0 spiro atoms. The van der Waals surface area contributed by atoms with E-state index in [1.807, 2.05) is 48.5 Å². The van der Waals surface area contributed by atoms with E-state index in [0.717, 1.165) is 0 Å². The van der Waals surface area contributed by atoms with E-state index in [1.165, 1.54) is 4.90 Å². The van der Waals surface area contributed by atoms with Crippen LogP contribution in [0.3, 0.4) is 0 Å². The molecule has 6 heteroatoms. The molecule has 0 saturated carbocycles. The summed E-state index contributed by atoms with van der Waals surface area (Å²) in [6.07, 6.45) is 1.25. The van der Waals surface area contributed by atoms with Crippen molar-refractivity contribution in [3.8, 4) is 0 Å². The third-order valence-corrected chi connectivity index (χ3v) is 3.98. The maximum atomic E-state index is 12.3. The summed E-state index contributed by atoms with van der Waals surface area (Å²) in [5, 5.41) is 0. The number of amides is 1. The van der Waals surface area contributed by atoms with Gasteiger partial charge in [-0.15, -0.1) is 13.2 Å². The molecule has 1 saturated heterocycles. The molecular formula is C17H30BNO4. The number of nitrogens with zero attached hydrogens (tertiary/aromatic N) is 1. The van der Waals surface area contributed by atoms with Crippen LogP contribution >= 0.6 is 0 Å². The van der Waals surface area contributed by atoms with Crippen molar-refractivity contribution in [1.82, 2.24) is 4.90 Å². The zero-order chi connectivity index (χ0) is 18.1. The summed E-state index contributed by atoms with van der Waals surface area (Å²) in [4.78, 5) is 13.8. The van der Waals surface area contributed by atoms with Crippen molar-refractivity contribution < 1.29 is 18.8 Å². The number of ether oxygens (including phenoxy) is 1. The molecule has 0 aromatic carbocycles. The van der Waals surface area contributed by atoms with Gasteiger partial charge in [-0.3, -0.25) is 0 Å². The van der Waals surface area contributed by atoms with Crippen LogP contribution in [0.2, 0.25) is 0 Å². The molecule has 0 atom stereocenters. The summed E-state index contributed by atoms with van der Waals surface area (Å²) >= 11 is 0. The van der Waals surface area contributed by atoms with Gasteiger partial charge in [-0.25, -0.2) is 4.79 Å². The van der Waals surface area contributed by atoms with Crippen LogP contribution < -0.4 is 0 Å². The van der Waals surface area contributed by atoms with Crippen molar-refractivity contribution in [1.29, 1.82) is 0 Å². The SMILES string of the molecule is C=CCN(CC(=C)B1OC(C)(C)C(C)(C)O1)C(=O)OC(C)(C)C. The molecule has 0 N–H and O–H groups in total. The van der Waals surface area contributed by atoms with Gasteiger partial charge in [0.25, 0.3) is 0 Å². The minimum absolute atomic E-state index is 0.289. The first-order chi connectivity index (χ1) is 10.3. The predicted molar refractivity (Wildman–Crippen MR) is 93.2 cm³/mol. The molecule has 23 heavy (non-hydrogen) atoms. The first kappa shape index (κ1) is 19.8. The van der Waals surface area contributed by atoms with Crippen LogP contribution in [0.15, 0.2) is 24.7 Å². The van der Waals surface area contributed by atoms with Crippen LogP contribution in [0, 0.1) is 0 Å². The molecule has 1 fully saturated rings. The largest absolute Gasteiger partial charge is 0.491 e. The van der Waals surface area contributed by atoms with Crippen LogP contribution in [0.5, 0.6) is 0 Å². The second-order valence-corrected chi connectivity index (χ2v) is 7.90. The summed E-state index contributed by atoms with van der Waals surface area (Å²) in [6.45, 7) is 21.8. The average molecular weight is 323 g/mol. The molecule has 1 aliphatic heterocycles. The van der Waals surface area contributed by atoms with E-state index >= 15 is 0 Å². The first-order valence-electron chi connectivity index (χ1n) is 7.91. The standard InChI is InChI=1S/C17H30BNO4/c1-10-11-19(14(20)21-15(3,4)5)12-13(2)18-22-16(6,7)17(8,9)23-18/h10H,1-2,11-12H2,3-9H3. The second-order valence-electron chi connectivity index (χ2n) is 7.90. The Balaban J connectivity index is 2.76. The smallest absolute Gasteiger partial charge is 0.444 e. The fourth-order valence-electron chi connectivity index (χ4n) is 2.02. The van der Waals surface area contributed by atoms with Gasteiger partial charge in [-0.2, -0.15) is 0 Å². The van der Waals surface area contributed by atoms with Crippen molar-refractivity contribution >= 4 is 13.2 Å². The lowest BCUT2D eigenvalue weighted by Gasteiger charge is -2.32. The Hall–Kier alpha value is -1.27. The average Bonchev–Trinajstić information content (AvgIpc) is 2.55. The molecule has 1 heterocycles. The third kappa shape index (κ3) is 5.11. The van der Waals surface area contributed by atoms with Crippen LogP contribution in [0.1, 0.15) is 48.5 Å². The monoisotopic (exact) mass is 323 g/mol. The Bertz CT molecular complexity index is 463. The molecule has 0 aromatic heterocycles. The van der Waals surface area contributed by atoms with Gasteiger partial charge in [0.1, 0.15) is 5.60 Å². The molecule has 0 bridgehead atoms. The lowest BCUT2D eigenvalue weighted by molar-refractivity contribution is 0.00578. The van der Waals surface area contributed by atoms with Crippen LogP contribution in [0.4, 0.5) is 4.79 Å². The Kier molecular flexibility index (Phi) is 5.76. The van der Waals surface area contributed by atoms with E-state index in [9.17, 15) is 4.79 Å². The number of carbonyl (C=O) groups is 1. The van der Waals surface area contributed by atoms with Gasteiger partial charge in [0.15, 0.2) is 0 Å². The number of hydrogen-bond acceptors (Lipinski definition) is 4. The molecule has 0 aliphatic carbocycles. The van der Waals surface area contributed by atoms with E-state index in [0.29, 0.717) is 12.0 Å². The minimum Gasteiger partial charge on any atom is -0.444 e. The summed E-state index contributed by atoms with van der Waals surface area (Å²) in [5.74, 6) is 0. The van der Waals surface area contributed by atoms with E-state index in [2.05, 4.69) is 13.2 Å². The third-order valence-electron chi connectivity index (χ3n) is 3.98. The van der Waals surface area contributed by atoms with Crippen molar-refractivity contribution in [3.63, 3.8) is 0 Å². The molecule has 130 valence electrons. The lowest BCUT2D eigenvalue weighted by atomic mass is 9.79. The number of rotatable bonds is 5. The summed E-state index contributed by atoms with van der Waals surface area (Å²) in [6, 6.07) is 0. The van der Waals surface area contributed by atoms with Gasteiger partial charge in [0.05, 0.1) is 11.2 Å². The molecule has 5 nitrogen and oxygen atoms in total. The van der Waals surface area contributed by atoms with E-state index in [1.54, 1.807) is 6.08 Å². The molecule has 1 aliphatic rings. The quantitative estimate of drug-likeness (QED) is 0.573. The van der Waals surface area contributed by atoms with E-state index in [4.69, 9.17) is 14.0 Å². The van der Waals surface area contributed by atoms with Crippen LogP contribution in [0.25, 0.3) is 0 Å². The number of carbonyl (C=O) groups excluding carboxylic acids is 1. The Labute approximate surface area is 140 Å². The molecule has 1 amide bonds. The van der Waals surface area contributed by atoms with Crippen molar-refractivity contribution in [2.45, 2.75) is 65.3 Å². The summed E-state index contributed by atoms with van der Waals surface area (Å²) in [5.41, 5.74) is -0.746. The highest BCUT2D eigenvalue weighted by Gasteiger charge is 2.52. The predicted octanol–water partition coefficient (Wildman–Crippen LogP) is 3.60. The van der Waals surface area contributed by atoms with Gasteiger partial charge in [0.2, 0.25) is 0 Å². The molecular weight excluding hydrogens is 293 g/mol. The van der Waals surface area contributed by atoms with Gasteiger partial charge in [0, 0.05) is 13.1 Å². The topological polar surface area (TPSA) is 48.0 Å². The maximum Gasteiger partial charge on any atom is 0.491 e. The van der Waals surface area contributed by atoms with Gasteiger partial charge >= 0.3 is 13.2 Å². The molecule has 0 unspecified atom stereocenters. The molecule has 0 radical (unpaired) electrons. The maximum absolute atomic E-state index is 12.3. The Morgan fingerprint density at radius 2 is 1.70 bits per heavy atom. The molecule has 0 aromatic rings. The lowest BCUT2D eigenvalue weighted by Crippen LogP contribution is -2.41. The van der Waals surface area contributed by atoms with Crippen LogP contribution in [-0.4, -0.2) is 48.0 Å². The van der Waals surface area contributed by atoms with Gasteiger partial charge < -0.3 is 18.9 Å².